The summed E-state index contributed by atoms with van der Waals surface area (Å²) in [7, 11) is -12.6. The van der Waals surface area contributed by atoms with Gasteiger partial charge in [0.25, 0.3) is 0 Å². The summed E-state index contributed by atoms with van der Waals surface area (Å²) in [5.41, 5.74) is 1.21. The first-order valence-electron chi connectivity index (χ1n) is 27.7. The van der Waals surface area contributed by atoms with Gasteiger partial charge in [0.2, 0.25) is 0 Å². The molecule has 1 aliphatic heterocycles. The summed E-state index contributed by atoms with van der Waals surface area (Å²) in [5, 5.41) is 0. The Kier molecular flexibility index (Phi) is 23.7. The molecule has 1 fully saturated rings. The zero-order valence-corrected chi connectivity index (χ0v) is 47.3. The van der Waals surface area contributed by atoms with Crippen LogP contribution >= 0.6 is 0 Å². The highest BCUT2D eigenvalue weighted by atomic mass is 32.2. The van der Waals surface area contributed by atoms with E-state index in [0.717, 1.165) is 107 Å². The summed E-state index contributed by atoms with van der Waals surface area (Å²) in [4.78, 5) is 1.51. The molecule has 1 saturated heterocycles. The maximum atomic E-state index is 15.1. The number of halogens is 6. The Hall–Kier alpha value is -3.41. The van der Waals surface area contributed by atoms with Gasteiger partial charge >= 0.3 is 12.4 Å². The van der Waals surface area contributed by atoms with Crippen molar-refractivity contribution in [2.45, 2.75) is 220 Å². The van der Waals surface area contributed by atoms with Gasteiger partial charge < -0.3 is 4.74 Å². The Morgan fingerprint density at radius 2 is 1.08 bits per heavy atom. The third kappa shape index (κ3) is 17.8. The summed E-state index contributed by atoms with van der Waals surface area (Å²) in [6.45, 7) is 8.21. The van der Waals surface area contributed by atoms with Crippen molar-refractivity contribution in [3.05, 3.63) is 82.9 Å². The molecule has 17 heteroatoms. The molecule has 2 aliphatic rings. The topological polar surface area (TPSA) is 115 Å². The van der Waals surface area contributed by atoms with Gasteiger partial charge in [0.05, 0.1) is 49.2 Å². The van der Waals surface area contributed by atoms with E-state index in [2.05, 4.69) is 18.7 Å². The summed E-state index contributed by atoms with van der Waals surface area (Å²) in [6, 6.07) is 13.8. The van der Waals surface area contributed by atoms with Gasteiger partial charge in [0.15, 0.2) is 29.5 Å². The molecule has 0 N–H and O–H groups in total. The SMILES string of the molecule is CCCCCCCCCS(=O)(=O)c1cc(OCCCCCCCCCC(F)(F)F)cc(S(=O)(=O)CCCCCCCCC)c1C1=Cc2ccccc2C1N1CCC(C(C)(C)S(=O)(=O)c2cccc(C(F)(F)F)c2)CC1. The van der Waals surface area contributed by atoms with E-state index in [9.17, 15) is 34.8 Å². The van der Waals surface area contributed by atoms with Crippen molar-refractivity contribution in [2.75, 3.05) is 31.2 Å². The van der Waals surface area contributed by atoms with Gasteiger partial charge in [-0.25, -0.2) is 25.3 Å². The number of benzene rings is 3. The predicted octanol–water partition coefficient (Wildman–Crippen LogP) is 16.4. The number of rotatable bonds is 33. The van der Waals surface area contributed by atoms with Gasteiger partial charge in [-0.2, -0.15) is 26.3 Å². The molecule has 75 heavy (non-hydrogen) atoms. The van der Waals surface area contributed by atoms with Gasteiger partial charge in [0.1, 0.15) is 5.75 Å². The standard InChI is InChI=1S/C58H83F6NO7S3/c1-5-7-9-11-16-20-26-39-73(66,67)52-43-48(72-38-25-19-15-13-14-18-24-35-57(59,60)61)44-53(74(68,69)40-27-21-17-12-10-8-6-2)54(52)51-41-45-29-22-23-32-50(45)55(51)65-36-33-46(34-37-65)56(3,4)75(70,71)49-31-28-30-47(42-49)58(62,63)64/h22-23,28-32,41-44,46,55H,5-21,24-27,33-40H2,1-4H3. The highest BCUT2D eigenvalue weighted by molar-refractivity contribution is 7.93. The molecule has 0 bridgehead atoms. The Balaban J connectivity index is 1.51. The van der Waals surface area contributed by atoms with Crippen LogP contribution in [-0.4, -0.2) is 72.3 Å². The second kappa shape index (κ2) is 28.5. The van der Waals surface area contributed by atoms with E-state index in [1.807, 2.05) is 30.3 Å². The van der Waals surface area contributed by atoms with Crippen molar-refractivity contribution in [3.63, 3.8) is 0 Å². The van der Waals surface area contributed by atoms with E-state index in [1.165, 1.54) is 18.2 Å². The molecule has 8 nitrogen and oxygen atoms in total. The number of nitrogens with zero attached hydrogens (tertiary/aromatic N) is 1. The largest absolute Gasteiger partial charge is 0.494 e. The van der Waals surface area contributed by atoms with Crippen molar-refractivity contribution < 1.29 is 56.3 Å². The number of likely N-dealkylation sites (tertiary alicyclic amines) is 1. The minimum atomic E-state index is -4.73. The van der Waals surface area contributed by atoms with Gasteiger partial charge in [-0.1, -0.05) is 153 Å². The maximum Gasteiger partial charge on any atom is 0.416 e. The Morgan fingerprint density at radius 1 is 0.587 bits per heavy atom. The number of unbranched alkanes of at least 4 members (excludes halogenated alkanes) is 18. The fraction of sp³-hybridized carbons (Fsp3) is 0.655. The lowest BCUT2D eigenvalue weighted by Gasteiger charge is -2.43. The van der Waals surface area contributed by atoms with Crippen LogP contribution in [0.25, 0.3) is 11.6 Å². The predicted molar refractivity (Wildman–Crippen MR) is 289 cm³/mol. The minimum Gasteiger partial charge on any atom is -0.494 e. The van der Waals surface area contributed by atoms with E-state index >= 15 is 16.8 Å². The average molecular weight is 1120 g/mol. The first-order valence-corrected chi connectivity index (χ1v) is 32.5. The monoisotopic (exact) mass is 1120 g/mol. The first-order chi connectivity index (χ1) is 35.4. The van der Waals surface area contributed by atoms with Crippen LogP contribution < -0.4 is 4.74 Å². The number of sulfone groups is 3. The molecule has 0 aromatic heterocycles. The Morgan fingerprint density at radius 3 is 1.60 bits per heavy atom. The van der Waals surface area contributed by atoms with Crippen LogP contribution in [0.2, 0.25) is 0 Å². The summed E-state index contributed by atoms with van der Waals surface area (Å²) >= 11 is 0. The van der Waals surface area contributed by atoms with Crippen LogP contribution in [0, 0.1) is 5.92 Å². The molecule has 0 amide bonds. The number of alkyl halides is 6. The van der Waals surface area contributed by atoms with E-state index in [0.29, 0.717) is 82.5 Å². The summed E-state index contributed by atoms with van der Waals surface area (Å²) in [5.74, 6) is -0.750. The fourth-order valence-corrected chi connectivity index (χ4v) is 15.9. The number of hydrogen-bond donors (Lipinski definition) is 0. The number of fused-ring (bicyclic) bond motifs is 1. The molecule has 1 unspecified atom stereocenters. The third-order valence-corrected chi connectivity index (χ3v) is 21.6. The highest BCUT2D eigenvalue weighted by Crippen LogP contribution is 2.51. The first kappa shape index (κ1) is 62.4. The van der Waals surface area contributed by atoms with Crippen LogP contribution in [0.15, 0.2) is 75.4 Å². The lowest BCUT2D eigenvalue weighted by Crippen LogP contribution is -2.47. The molecule has 3 aromatic carbocycles. The zero-order valence-electron chi connectivity index (χ0n) is 44.8. The van der Waals surface area contributed by atoms with Crippen molar-refractivity contribution in [1.29, 1.82) is 0 Å². The normalized spacial score (nSPS) is 16.3. The highest BCUT2D eigenvalue weighted by Gasteiger charge is 2.47. The lowest BCUT2D eigenvalue weighted by atomic mass is 9.84. The van der Waals surface area contributed by atoms with Crippen molar-refractivity contribution in [1.82, 2.24) is 4.90 Å². The van der Waals surface area contributed by atoms with Gasteiger partial charge in [-0.05, 0) is 124 Å². The third-order valence-electron chi connectivity index (χ3n) is 15.3. The number of hydrogen-bond acceptors (Lipinski definition) is 8. The van der Waals surface area contributed by atoms with Crippen LogP contribution in [0.4, 0.5) is 26.3 Å². The molecule has 3 aromatic rings. The molecule has 1 heterocycles. The second-order valence-corrected chi connectivity index (χ2v) is 28.1. The van der Waals surface area contributed by atoms with Crippen molar-refractivity contribution in [3.8, 4) is 5.75 Å². The van der Waals surface area contributed by atoms with E-state index in [4.69, 9.17) is 4.74 Å². The maximum absolute atomic E-state index is 15.1. The van der Waals surface area contributed by atoms with E-state index in [1.54, 1.807) is 13.8 Å². The lowest BCUT2D eigenvalue weighted by molar-refractivity contribution is -0.138. The molecule has 422 valence electrons. The van der Waals surface area contributed by atoms with Gasteiger partial charge in [0, 0.05) is 12.0 Å². The zero-order chi connectivity index (χ0) is 54.9. The van der Waals surface area contributed by atoms with E-state index in [-0.39, 0.29) is 45.6 Å². The molecule has 1 atom stereocenters. The summed E-state index contributed by atoms with van der Waals surface area (Å²) < 4.78 is 173. The number of piperidine rings is 1. The quantitative estimate of drug-likeness (QED) is 0.0438. The molecule has 0 spiro atoms. The molecule has 0 saturated carbocycles. The average Bonchev–Trinajstić information content (AvgIpc) is 3.75. The molecule has 5 rings (SSSR count). The Bertz CT molecular complexity index is 2570. The minimum absolute atomic E-state index is 0.0963. The second-order valence-electron chi connectivity index (χ2n) is 21.4. The van der Waals surface area contributed by atoms with Crippen LogP contribution in [0.1, 0.15) is 210 Å². The van der Waals surface area contributed by atoms with Crippen LogP contribution in [-0.2, 0) is 35.7 Å². The smallest absolute Gasteiger partial charge is 0.416 e. The molecule has 0 radical (unpaired) electrons. The van der Waals surface area contributed by atoms with Gasteiger partial charge in [-0.15, -0.1) is 0 Å². The van der Waals surface area contributed by atoms with Gasteiger partial charge in [-0.3, -0.25) is 4.90 Å². The van der Waals surface area contributed by atoms with Crippen LogP contribution in [0.5, 0.6) is 5.75 Å². The molecule has 1 aliphatic carbocycles. The molecular formula is C58H83F6NO7S3. The fourth-order valence-electron chi connectivity index (χ4n) is 10.8. The number of ether oxygens (including phenoxy) is 1. The van der Waals surface area contributed by atoms with Crippen molar-refractivity contribution >= 4 is 41.2 Å². The Labute approximate surface area is 445 Å². The molecular weight excluding hydrogens is 1030 g/mol. The van der Waals surface area contributed by atoms with Crippen molar-refractivity contribution in [2.24, 2.45) is 5.92 Å². The van der Waals surface area contributed by atoms with Crippen LogP contribution in [0.3, 0.4) is 0 Å². The summed E-state index contributed by atoms with van der Waals surface area (Å²) in [6.07, 6.45) is 9.31. The van der Waals surface area contributed by atoms with E-state index < -0.39 is 75.5 Å².